The molecule has 1 saturated heterocycles. The summed E-state index contributed by atoms with van der Waals surface area (Å²) in [5.74, 6) is 1.38. The van der Waals surface area contributed by atoms with E-state index in [1.54, 1.807) is 24.3 Å². The number of amides is 1. The quantitative estimate of drug-likeness (QED) is 0.503. The van der Waals surface area contributed by atoms with E-state index in [9.17, 15) is 4.79 Å². The van der Waals surface area contributed by atoms with Gasteiger partial charge in [-0.25, -0.2) is 4.98 Å². The minimum absolute atomic E-state index is 0.0926. The molecule has 8 nitrogen and oxygen atoms in total. The summed E-state index contributed by atoms with van der Waals surface area (Å²) in [7, 11) is 2.16. The normalized spacial score (nSPS) is 15.2. The van der Waals surface area contributed by atoms with E-state index in [4.69, 9.17) is 21.3 Å². The Bertz CT molecular complexity index is 1220. The molecule has 5 rings (SSSR count). The van der Waals surface area contributed by atoms with Crippen molar-refractivity contribution in [3.05, 3.63) is 65.6 Å². The molecular formula is C26H27ClN6O2. The number of carbonyl (C=O) groups is 1. The van der Waals surface area contributed by atoms with Crippen LogP contribution in [0, 0.1) is 0 Å². The van der Waals surface area contributed by atoms with Crippen molar-refractivity contribution in [1.82, 2.24) is 14.9 Å². The summed E-state index contributed by atoms with van der Waals surface area (Å²) in [6.07, 6.45) is 3.09. The molecule has 180 valence electrons. The number of aromatic nitrogens is 2. The number of halogens is 1. The fourth-order valence-electron chi connectivity index (χ4n) is 4.16. The molecule has 0 bridgehead atoms. The van der Waals surface area contributed by atoms with Gasteiger partial charge in [-0.1, -0.05) is 12.1 Å². The molecule has 0 aliphatic carbocycles. The highest BCUT2D eigenvalue weighted by Crippen LogP contribution is 2.35. The van der Waals surface area contributed by atoms with Crippen molar-refractivity contribution < 1.29 is 9.53 Å². The van der Waals surface area contributed by atoms with Crippen LogP contribution in [-0.2, 0) is 17.6 Å². The summed E-state index contributed by atoms with van der Waals surface area (Å²) in [5.41, 5.74) is 4.57. The number of anilines is 2. The Morgan fingerprint density at radius 2 is 1.77 bits per heavy atom. The van der Waals surface area contributed by atoms with Gasteiger partial charge in [-0.15, -0.1) is 11.6 Å². The Labute approximate surface area is 209 Å². The second kappa shape index (κ2) is 10.4. The molecule has 3 aromatic rings. The minimum atomic E-state index is -0.260. The van der Waals surface area contributed by atoms with Crippen molar-refractivity contribution in [3.8, 4) is 11.6 Å². The van der Waals surface area contributed by atoms with Gasteiger partial charge in [0.2, 0.25) is 11.8 Å². The molecule has 0 spiro atoms. The van der Waals surface area contributed by atoms with Crippen LogP contribution in [0.4, 0.5) is 17.1 Å². The highest BCUT2D eigenvalue weighted by Gasteiger charge is 2.19. The number of ether oxygens (including phenoxy) is 1. The molecule has 0 atom stereocenters. The van der Waals surface area contributed by atoms with E-state index in [1.807, 2.05) is 6.21 Å². The van der Waals surface area contributed by atoms with Gasteiger partial charge in [0, 0.05) is 56.6 Å². The van der Waals surface area contributed by atoms with Crippen LogP contribution in [0.2, 0.25) is 0 Å². The Morgan fingerprint density at radius 1 is 1.03 bits per heavy atom. The first-order chi connectivity index (χ1) is 17.1. The van der Waals surface area contributed by atoms with Crippen LogP contribution in [0.15, 0.2) is 53.5 Å². The average molecular weight is 491 g/mol. The molecule has 9 heteroatoms. The van der Waals surface area contributed by atoms with Gasteiger partial charge in [0.25, 0.3) is 0 Å². The first-order valence-electron chi connectivity index (χ1n) is 11.7. The third kappa shape index (κ3) is 5.61. The molecule has 1 aromatic heterocycles. The van der Waals surface area contributed by atoms with Gasteiger partial charge < -0.3 is 19.9 Å². The number of hydrogen-bond donors (Lipinski definition) is 1. The number of carbonyl (C=O) groups excluding carboxylic acids is 1. The number of fused-ring (bicyclic) bond motifs is 1. The van der Waals surface area contributed by atoms with E-state index in [-0.39, 0.29) is 11.8 Å². The van der Waals surface area contributed by atoms with Crippen molar-refractivity contribution in [2.24, 2.45) is 4.99 Å². The van der Waals surface area contributed by atoms with Crippen LogP contribution in [-0.4, -0.2) is 66.1 Å². The van der Waals surface area contributed by atoms with Crippen LogP contribution in [0.25, 0.3) is 0 Å². The Kier molecular flexibility index (Phi) is 6.92. The van der Waals surface area contributed by atoms with Crippen LogP contribution < -0.4 is 15.0 Å². The lowest BCUT2D eigenvalue weighted by molar-refractivity contribution is -0.113. The minimum Gasteiger partial charge on any atom is -0.437 e. The zero-order valence-electron chi connectivity index (χ0n) is 19.6. The smallest absolute Gasteiger partial charge is 0.249 e. The molecule has 0 radical (unpaired) electrons. The van der Waals surface area contributed by atoms with Crippen molar-refractivity contribution in [2.75, 3.05) is 49.3 Å². The van der Waals surface area contributed by atoms with Gasteiger partial charge in [-0.05, 0) is 49.0 Å². The topological polar surface area (TPSA) is 83.0 Å². The molecule has 0 unspecified atom stereocenters. The predicted octanol–water partition coefficient (Wildman–Crippen LogP) is 4.05. The predicted molar refractivity (Wildman–Crippen MR) is 139 cm³/mol. The lowest BCUT2D eigenvalue weighted by Crippen LogP contribution is -2.44. The van der Waals surface area contributed by atoms with E-state index in [2.05, 4.69) is 56.4 Å². The van der Waals surface area contributed by atoms with E-state index in [0.717, 1.165) is 37.4 Å². The van der Waals surface area contributed by atoms with E-state index >= 15 is 0 Å². The second-order valence-electron chi connectivity index (χ2n) is 8.70. The summed E-state index contributed by atoms with van der Waals surface area (Å²) in [5, 5.41) is 2.71. The van der Waals surface area contributed by atoms with Gasteiger partial charge in [0.1, 0.15) is 23.1 Å². The van der Waals surface area contributed by atoms with Gasteiger partial charge in [0.05, 0.1) is 5.69 Å². The summed E-state index contributed by atoms with van der Waals surface area (Å²) in [6.45, 7) is 4.26. The molecular weight excluding hydrogens is 464 g/mol. The number of alkyl halides is 1. The van der Waals surface area contributed by atoms with Crippen molar-refractivity contribution in [3.63, 3.8) is 0 Å². The van der Waals surface area contributed by atoms with E-state index in [0.29, 0.717) is 41.7 Å². The maximum atomic E-state index is 11.5. The van der Waals surface area contributed by atoms with Crippen LogP contribution in [0.5, 0.6) is 11.6 Å². The number of aliphatic imine (C=N–C) groups is 1. The van der Waals surface area contributed by atoms with E-state index < -0.39 is 0 Å². The van der Waals surface area contributed by atoms with Gasteiger partial charge in [-0.2, -0.15) is 4.98 Å². The largest absolute Gasteiger partial charge is 0.437 e. The third-order valence-corrected chi connectivity index (χ3v) is 6.36. The number of nitrogens with zero attached hydrogens (tertiary/aromatic N) is 5. The molecule has 1 N–H and O–H groups in total. The number of benzene rings is 2. The summed E-state index contributed by atoms with van der Waals surface area (Å²) in [4.78, 5) is 30.1. The molecule has 3 heterocycles. The second-order valence-corrected chi connectivity index (χ2v) is 8.97. The molecule has 1 fully saturated rings. The summed E-state index contributed by atoms with van der Waals surface area (Å²) in [6, 6.07) is 15.7. The Balaban J connectivity index is 1.30. The monoisotopic (exact) mass is 490 g/mol. The van der Waals surface area contributed by atoms with E-state index in [1.165, 1.54) is 5.69 Å². The number of nitrogens with one attached hydrogen (secondary N) is 1. The molecule has 1 amide bonds. The maximum Gasteiger partial charge on any atom is 0.249 e. The fourth-order valence-corrected chi connectivity index (χ4v) is 4.22. The standard InChI is InChI=1S/C26H27ClN6O2/c1-32-12-14-33(15-13-32)20-6-2-18(3-7-20)16-23-30-22-10-11-28-25(22)26(31-23)35-21-8-4-19(5-9-21)29-24(34)17-27/h2-9,11H,10,12-17H2,1H3,(H,29,34). The van der Waals surface area contributed by atoms with Crippen molar-refractivity contribution in [2.45, 2.75) is 12.8 Å². The molecule has 0 saturated carbocycles. The molecule has 2 aliphatic heterocycles. The average Bonchev–Trinajstić information content (AvgIpc) is 3.35. The Morgan fingerprint density at radius 3 is 2.49 bits per heavy atom. The first-order valence-corrected chi connectivity index (χ1v) is 12.2. The molecule has 2 aromatic carbocycles. The molecule has 35 heavy (non-hydrogen) atoms. The first kappa shape index (κ1) is 23.3. The summed E-state index contributed by atoms with van der Waals surface area (Å²) < 4.78 is 6.08. The third-order valence-electron chi connectivity index (χ3n) is 6.12. The van der Waals surface area contributed by atoms with Crippen molar-refractivity contribution >= 4 is 40.8 Å². The zero-order chi connectivity index (χ0) is 24.2. The van der Waals surface area contributed by atoms with Crippen LogP contribution in [0.1, 0.15) is 17.1 Å². The van der Waals surface area contributed by atoms with Crippen molar-refractivity contribution in [1.29, 1.82) is 0 Å². The number of piperazine rings is 1. The highest BCUT2D eigenvalue weighted by atomic mass is 35.5. The van der Waals surface area contributed by atoms with Gasteiger partial charge >= 0.3 is 0 Å². The summed E-state index contributed by atoms with van der Waals surface area (Å²) >= 11 is 5.55. The highest BCUT2D eigenvalue weighted by molar-refractivity contribution is 6.29. The zero-order valence-corrected chi connectivity index (χ0v) is 20.3. The lowest BCUT2D eigenvalue weighted by atomic mass is 10.1. The van der Waals surface area contributed by atoms with Gasteiger partial charge in [0.15, 0.2) is 0 Å². The number of likely N-dealkylation sites (N-methyl/N-ethyl adjacent to an activating group) is 1. The van der Waals surface area contributed by atoms with Gasteiger partial charge in [-0.3, -0.25) is 9.79 Å². The Hall–Kier alpha value is -3.49. The number of rotatable bonds is 7. The van der Waals surface area contributed by atoms with Crippen LogP contribution >= 0.6 is 11.6 Å². The lowest BCUT2D eigenvalue weighted by Gasteiger charge is -2.34. The molecule has 2 aliphatic rings. The fraction of sp³-hybridized carbons (Fsp3) is 0.308. The number of hydrogen-bond acceptors (Lipinski definition) is 7. The maximum absolute atomic E-state index is 11.5. The van der Waals surface area contributed by atoms with Crippen LogP contribution in [0.3, 0.4) is 0 Å². The SMILES string of the molecule is CN1CCN(c2ccc(Cc3nc4c(c(Oc5ccc(NC(=O)CCl)cc5)n3)N=CC4)cc2)CC1.